The first-order chi connectivity index (χ1) is 13.5. The molecule has 0 unspecified atom stereocenters. The quantitative estimate of drug-likeness (QED) is 0.627. The molecule has 0 atom stereocenters. The van der Waals surface area contributed by atoms with Gasteiger partial charge in [-0.1, -0.05) is 18.2 Å². The van der Waals surface area contributed by atoms with Crippen LogP contribution in [0.2, 0.25) is 0 Å². The van der Waals surface area contributed by atoms with Crippen molar-refractivity contribution < 1.29 is 22.8 Å². The summed E-state index contributed by atoms with van der Waals surface area (Å²) in [6, 6.07) is 11.6. The molecular weight excluding hydrogens is 372 g/mol. The third-order valence-electron chi connectivity index (χ3n) is 4.14. The molecule has 4 rings (SSSR count). The third-order valence-corrected chi connectivity index (χ3v) is 4.14. The first-order valence-electron chi connectivity index (χ1n) is 8.26. The van der Waals surface area contributed by atoms with Gasteiger partial charge in [0, 0.05) is 11.9 Å². The topological polar surface area (TPSA) is 92.4 Å². The Labute approximate surface area is 157 Å². The van der Waals surface area contributed by atoms with Crippen molar-refractivity contribution in [1.82, 2.24) is 20.1 Å². The van der Waals surface area contributed by atoms with Crippen molar-refractivity contribution in [1.29, 1.82) is 0 Å². The van der Waals surface area contributed by atoms with Gasteiger partial charge in [-0.3, -0.25) is 19.6 Å². The van der Waals surface area contributed by atoms with Gasteiger partial charge in [-0.15, -0.1) is 10.2 Å². The van der Waals surface area contributed by atoms with Gasteiger partial charge in [0.2, 0.25) is 5.89 Å². The number of para-hydroxylation sites is 1. The van der Waals surface area contributed by atoms with Gasteiger partial charge in [0.25, 0.3) is 11.8 Å². The Morgan fingerprint density at radius 1 is 1.07 bits per heavy atom. The highest BCUT2D eigenvalue weighted by atomic mass is 19.3. The molecule has 0 radical (unpaired) electrons. The number of anilines is 1. The van der Waals surface area contributed by atoms with Crippen molar-refractivity contribution in [2.45, 2.75) is 13.0 Å². The summed E-state index contributed by atoms with van der Waals surface area (Å²) in [4.78, 5) is 31.5. The summed E-state index contributed by atoms with van der Waals surface area (Å²) in [6.45, 7) is -0.0489. The summed E-state index contributed by atoms with van der Waals surface area (Å²) in [7, 11) is 0. The van der Waals surface area contributed by atoms with E-state index in [1.54, 1.807) is 36.4 Å². The fraction of sp³-hybridized carbons (Fsp3) is 0.167. The standard InChI is InChI=1S/C18H13F2N5O3/c19-15(20)17-23-22-16(28-17)11-6-7-12(21-8-11)9-25-14(26)10-24(18(25)27)13-4-2-1-3-5-13/h1-8,15H,9-10H2. The van der Waals surface area contributed by atoms with Gasteiger partial charge >= 0.3 is 12.5 Å². The van der Waals surface area contributed by atoms with E-state index in [4.69, 9.17) is 4.42 Å². The molecule has 1 aliphatic rings. The van der Waals surface area contributed by atoms with Crippen LogP contribution in [0.5, 0.6) is 0 Å². The van der Waals surface area contributed by atoms with Gasteiger partial charge in [0.05, 0.1) is 17.8 Å². The Kier molecular flexibility index (Phi) is 4.52. The van der Waals surface area contributed by atoms with Crippen molar-refractivity contribution >= 4 is 17.6 Å². The van der Waals surface area contributed by atoms with E-state index in [1.807, 2.05) is 6.07 Å². The van der Waals surface area contributed by atoms with Crippen LogP contribution in [0.25, 0.3) is 11.5 Å². The number of imide groups is 1. The second-order valence-corrected chi connectivity index (χ2v) is 5.97. The van der Waals surface area contributed by atoms with Crippen molar-refractivity contribution in [2.24, 2.45) is 0 Å². The summed E-state index contributed by atoms with van der Waals surface area (Å²) in [5, 5.41) is 6.80. The summed E-state index contributed by atoms with van der Waals surface area (Å²) < 4.78 is 29.9. The summed E-state index contributed by atoms with van der Waals surface area (Å²) in [5.74, 6) is -1.19. The van der Waals surface area contributed by atoms with Gasteiger partial charge < -0.3 is 4.42 Å². The maximum absolute atomic E-state index is 12.6. The molecule has 0 spiro atoms. The fourth-order valence-corrected chi connectivity index (χ4v) is 2.75. The second-order valence-electron chi connectivity index (χ2n) is 5.97. The molecule has 0 N–H and O–H groups in total. The number of rotatable bonds is 5. The van der Waals surface area contributed by atoms with E-state index in [1.165, 1.54) is 11.1 Å². The molecule has 28 heavy (non-hydrogen) atoms. The number of pyridine rings is 1. The van der Waals surface area contributed by atoms with Gasteiger partial charge in [-0.2, -0.15) is 8.78 Å². The van der Waals surface area contributed by atoms with Crippen LogP contribution < -0.4 is 4.90 Å². The van der Waals surface area contributed by atoms with E-state index in [2.05, 4.69) is 15.2 Å². The molecule has 10 heteroatoms. The molecule has 1 aromatic carbocycles. The number of urea groups is 1. The van der Waals surface area contributed by atoms with E-state index in [9.17, 15) is 18.4 Å². The molecule has 2 aromatic heterocycles. The van der Waals surface area contributed by atoms with E-state index in [0.29, 0.717) is 16.9 Å². The van der Waals surface area contributed by atoms with Crippen LogP contribution in [-0.2, 0) is 11.3 Å². The fourth-order valence-electron chi connectivity index (χ4n) is 2.75. The molecule has 0 bridgehead atoms. The summed E-state index contributed by atoms with van der Waals surface area (Å²) in [6.07, 6.45) is -1.49. The van der Waals surface area contributed by atoms with Crippen LogP contribution in [0.4, 0.5) is 19.3 Å². The number of alkyl halides is 2. The molecule has 3 heterocycles. The molecule has 1 fully saturated rings. The highest BCUT2D eigenvalue weighted by molar-refractivity contribution is 6.12. The lowest BCUT2D eigenvalue weighted by Crippen LogP contribution is -2.32. The Morgan fingerprint density at radius 2 is 1.86 bits per heavy atom. The lowest BCUT2D eigenvalue weighted by Gasteiger charge is -2.16. The van der Waals surface area contributed by atoms with E-state index in [0.717, 1.165) is 4.90 Å². The Balaban J connectivity index is 1.48. The number of halogens is 2. The first kappa shape index (κ1) is 17.7. The zero-order valence-corrected chi connectivity index (χ0v) is 14.3. The SMILES string of the molecule is O=C1CN(c2ccccc2)C(=O)N1Cc1ccc(-c2nnc(C(F)F)o2)cn1. The van der Waals surface area contributed by atoms with E-state index in [-0.39, 0.29) is 24.9 Å². The van der Waals surface area contributed by atoms with Crippen LogP contribution in [0.3, 0.4) is 0 Å². The molecule has 1 aliphatic heterocycles. The summed E-state index contributed by atoms with van der Waals surface area (Å²) >= 11 is 0. The minimum absolute atomic E-state index is 0.00655. The lowest BCUT2D eigenvalue weighted by molar-refractivity contribution is -0.125. The molecular formula is C18H13F2N5O3. The number of hydrogen-bond donors (Lipinski definition) is 0. The van der Waals surface area contributed by atoms with Crippen LogP contribution in [0.1, 0.15) is 18.0 Å². The second kappa shape index (κ2) is 7.14. The summed E-state index contributed by atoms with van der Waals surface area (Å²) in [5.41, 5.74) is 1.44. The molecule has 3 aromatic rings. The number of aromatic nitrogens is 3. The molecule has 8 nitrogen and oxygen atoms in total. The highest BCUT2D eigenvalue weighted by Gasteiger charge is 2.36. The average Bonchev–Trinajstić information content (AvgIpc) is 3.30. The number of amides is 3. The van der Waals surface area contributed by atoms with Gasteiger partial charge in [-0.25, -0.2) is 4.79 Å². The van der Waals surface area contributed by atoms with E-state index >= 15 is 0 Å². The number of benzene rings is 1. The average molecular weight is 385 g/mol. The predicted molar refractivity (Wildman–Crippen MR) is 92.2 cm³/mol. The third kappa shape index (κ3) is 3.31. The van der Waals surface area contributed by atoms with Crippen molar-refractivity contribution in [3.8, 4) is 11.5 Å². The monoisotopic (exact) mass is 385 g/mol. The van der Waals surface area contributed by atoms with E-state index < -0.39 is 18.3 Å². The molecule has 0 saturated carbocycles. The zero-order valence-electron chi connectivity index (χ0n) is 14.3. The van der Waals surface area contributed by atoms with Crippen LogP contribution >= 0.6 is 0 Å². The zero-order chi connectivity index (χ0) is 19.7. The first-order valence-corrected chi connectivity index (χ1v) is 8.26. The van der Waals surface area contributed by atoms with Crippen molar-refractivity contribution in [3.05, 3.63) is 60.2 Å². The van der Waals surface area contributed by atoms with Crippen LogP contribution in [-0.4, -0.2) is 38.6 Å². The van der Waals surface area contributed by atoms with Gasteiger partial charge in [-0.05, 0) is 24.3 Å². The van der Waals surface area contributed by atoms with Gasteiger partial charge in [0.15, 0.2) is 0 Å². The molecule has 1 saturated heterocycles. The smallest absolute Gasteiger partial charge is 0.332 e. The maximum Gasteiger partial charge on any atom is 0.332 e. The Bertz CT molecular complexity index is 1010. The predicted octanol–water partition coefficient (Wildman–Crippen LogP) is 3.04. The minimum Gasteiger partial charge on any atom is -0.415 e. The molecule has 3 amide bonds. The Morgan fingerprint density at radius 3 is 2.50 bits per heavy atom. The van der Waals surface area contributed by atoms with Crippen LogP contribution in [0, 0.1) is 0 Å². The molecule has 0 aliphatic carbocycles. The number of nitrogens with zero attached hydrogens (tertiary/aromatic N) is 5. The van der Waals surface area contributed by atoms with Crippen LogP contribution in [0.15, 0.2) is 53.1 Å². The lowest BCUT2D eigenvalue weighted by atomic mass is 10.2. The Hall–Kier alpha value is -3.69. The highest BCUT2D eigenvalue weighted by Crippen LogP contribution is 2.24. The van der Waals surface area contributed by atoms with Crippen molar-refractivity contribution in [2.75, 3.05) is 11.4 Å². The number of carbonyl (C=O) groups is 2. The number of carbonyl (C=O) groups excluding carboxylic acids is 2. The molecule has 142 valence electrons. The normalized spacial score (nSPS) is 14.4. The maximum atomic E-state index is 12.6. The number of hydrogen-bond acceptors (Lipinski definition) is 6. The minimum atomic E-state index is -2.85. The van der Waals surface area contributed by atoms with Crippen molar-refractivity contribution in [3.63, 3.8) is 0 Å². The largest absolute Gasteiger partial charge is 0.415 e. The van der Waals surface area contributed by atoms with Gasteiger partial charge in [0.1, 0.15) is 6.54 Å².